The van der Waals surface area contributed by atoms with Crippen LogP contribution in [0.1, 0.15) is 31.2 Å². The normalized spacial score (nSPS) is 27.3. The molecule has 9 rings (SSSR count). The molecule has 0 aromatic carbocycles. The molecule has 0 spiro atoms. The third-order valence-electron chi connectivity index (χ3n) is 10.5. The molecule has 3 aromatic heterocycles. The monoisotopic (exact) mass is 635 g/mol. The average Bonchev–Trinajstić information content (AvgIpc) is 3.73. The highest BCUT2D eigenvalue weighted by Gasteiger charge is 2.51. The van der Waals surface area contributed by atoms with Crippen LogP contribution in [-0.2, 0) is 0 Å². The van der Waals surface area contributed by atoms with Gasteiger partial charge in [0.15, 0.2) is 0 Å². The largest absolute Gasteiger partial charge is 0.492 e. The van der Waals surface area contributed by atoms with E-state index >= 15 is 0 Å². The van der Waals surface area contributed by atoms with Crippen molar-refractivity contribution < 1.29 is 22.7 Å². The number of alkyl halides is 3. The zero-order chi connectivity index (χ0) is 31.6. The van der Waals surface area contributed by atoms with Gasteiger partial charge in [0.25, 0.3) is 0 Å². The molecular formula is C32H36F3N9O2. The van der Waals surface area contributed by atoms with Gasteiger partial charge >= 0.3 is 12.2 Å². The molecule has 2 amide bonds. The summed E-state index contributed by atoms with van der Waals surface area (Å²) in [6.45, 7) is 4.77. The Labute approximate surface area is 264 Å². The van der Waals surface area contributed by atoms with Crippen molar-refractivity contribution >= 4 is 17.4 Å². The van der Waals surface area contributed by atoms with Crippen LogP contribution in [0.15, 0.2) is 36.8 Å². The van der Waals surface area contributed by atoms with Crippen LogP contribution >= 0.6 is 0 Å². The van der Waals surface area contributed by atoms with E-state index in [1.807, 2.05) is 24.4 Å². The first-order valence-electron chi connectivity index (χ1n) is 16.1. The molecule has 6 fully saturated rings. The lowest BCUT2D eigenvalue weighted by atomic mass is 9.87. The van der Waals surface area contributed by atoms with E-state index in [2.05, 4.69) is 26.3 Å². The van der Waals surface area contributed by atoms with E-state index in [9.17, 15) is 23.2 Å². The van der Waals surface area contributed by atoms with Crippen molar-refractivity contribution in [3.05, 3.63) is 42.4 Å². The Hall–Kier alpha value is -4.09. The second-order valence-electron chi connectivity index (χ2n) is 13.2. The minimum atomic E-state index is -4.27. The average molecular weight is 636 g/mol. The maximum absolute atomic E-state index is 13.2. The summed E-state index contributed by atoms with van der Waals surface area (Å²) in [5.74, 6) is 0.00207. The highest BCUT2D eigenvalue weighted by molar-refractivity contribution is 5.85. The molecule has 14 heteroatoms. The summed E-state index contributed by atoms with van der Waals surface area (Å²) in [5.41, 5.74) is 2.77. The standard InChI is InChI=1S/C32H36F3N9O2/c33-32(34,35)22-4-6-40(16-22)31(45)44-25-9-26(44)18-41(17-25)29-3-2-20(12-38-29)28-10-27(19-43-30(28)21(11-36)13-39-43)46-7-1-5-42-23-8-24(42)15-37-14-23/h2-3,10,12-13,19,22-26,37H,1,4-9,14-18H2. The first kappa shape index (κ1) is 29.3. The highest BCUT2D eigenvalue weighted by atomic mass is 19.4. The number of piperazine rings is 2. The lowest BCUT2D eigenvalue weighted by molar-refractivity contribution is -0.170. The second kappa shape index (κ2) is 11.3. The fraction of sp³-hybridized carbons (Fsp3) is 0.562. The minimum absolute atomic E-state index is 0.0328. The number of carbonyl (C=O) groups is 1. The van der Waals surface area contributed by atoms with Crippen LogP contribution in [0.2, 0.25) is 0 Å². The number of aromatic nitrogens is 3. The first-order valence-corrected chi connectivity index (χ1v) is 16.1. The Kier molecular flexibility index (Phi) is 7.21. The Morgan fingerprint density at radius 3 is 2.54 bits per heavy atom. The molecule has 1 N–H and O–H groups in total. The van der Waals surface area contributed by atoms with Crippen molar-refractivity contribution in [2.75, 3.05) is 57.3 Å². The zero-order valence-corrected chi connectivity index (χ0v) is 25.4. The van der Waals surface area contributed by atoms with Crippen LogP contribution in [0.4, 0.5) is 23.8 Å². The Balaban J connectivity index is 0.931. The Morgan fingerprint density at radius 1 is 1.09 bits per heavy atom. The summed E-state index contributed by atoms with van der Waals surface area (Å²) in [7, 11) is 0. The van der Waals surface area contributed by atoms with E-state index in [-0.39, 0.29) is 37.6 Å². The van der Waals surface area contributed by atoms with Crippen molar-refractivity contribution in [3.8, 4) is 22.9 Å². The lowest BCUT2D eigenvalue weighted by Gasteiger charge is -2.57. The molecule has 5 atom stereocenters. The smallest absolute Gasteiger partial charge is 0.393 e. The molecule has 5 unspecified atom stereocenters. The Bertz CT molecular complexity index is 1650. The van der Waals surface area contributed by atoms with E-state index in [0.29, 0.717) is 48.6 Å². The van der Waals surface area contributed by atoms with Crippen molar-refractivity contribution in [2.24, 2.45) is 5.92 Å². The number of amides is 2. The fourth-order valence-corrected chi connectivity index (χ4v) is 8.05. The van der Waals surface area contributed by atoms with E-state index < -0.39 is 12.1 Å². The summed E-state index contributed by atoms with van der Waals surface area (Å²) in [4.78, 5) is 25.7. The summed E-state index contributed by atoms with van der Waals surface area (Å²) < 4.78 is 47.3. The number of urea groups is 1. The van der Waals surface area contributed by atoms with Gasteiger partial charge in [0.05, 0.1) is 48.1 Å². The zero-order valence-electron chi connectivity index (χ0n) is 25.4. The minimum Gasteiger partial charge on any atom is -0.492 e. The summed E-state index contributed by atoms with van der Waals surface area (Å²) in [6, 6.07) is 9.00. The maximum Gasteiger partial charge on any atom is 0.393 e. The predicted molar refractivity (Wildman–Crippen MR) is 162 cm³/mol. The number of hydrogen-bond acceptors (Lipinski definition) is 8. The van der Waals surface area contributed by atoms with Gasteiger partial charge in [-0.05, 0) is 43.9 Å². The molecule has 4 bridgehead atoms. The number of pyridine rings is 2. The SMILES string of the molecule is N#Cc1cnn2cc(OCCCN3C4CNCC3C4)cc(-c3ccc(N4CC5CC(C4)N5C(=O)N4CCC(C(F)(F)F)C4)nc3)c12. The van der Waals surface area contributed by atoms with E-state index in [1.165, 1.54) is 11.3 Å². The van der Waals surface area contributed by atoms with Gasteiger partial charge in [-0.2, -0.15) is 23.5 Å². The van der Waals surface area contributed by atoms with Crippen LogP contribution in [0.25, 0.3) is 16.6 Å². The van der Waals surface area contributed by atoms with Gasteiger partial charge in [-0.15, -0.1) is 0 Å². The van der Waals surface area contributed by atoms with Gasteiger partial charge in [-0.3, -0.25) is 4.90 Å². The Morgan fingerprint density at radius 2 is 1.87 bits per heavy atom. The molecule has 0 saturated carbocycles. The number of hydrogen-bond donors (Lipinski definition) is 1. The molecular weight excluding hydrogens is 599 g/mol. The highest BCUT2D eigenvalue weighted by Crippen LogP contribution is 2.39. The second-order valence-corrected chi connectivity index (χ2v) is 13.2. The number of nitrogens with one attached hydrogen (secondary N) is 1. The molecule has 3 aromatic rings. The summed E-state index contributed by atoms with van der Waals surface area (Å²) in [5, 5.41) is 17.6. The number of piperidine rings is 2. The van der Waals surface area contributed by atoms with Gasteiger partial charge in [-0.25, -0.2) is 14.3 Å². The van der Waals surface area contributed by atoms with Crippen molar-refractivity contribution in [1.29, 1.82) is 5.26 Å². The van der Waals surface area contributed by atoms with Crippen LogP contribution in [0, 0.1) is 17.2 Å². The summed E-state index contributed by atoms with van der Waals surface area (Å²) in [6.07, 6.45) is 3.89. The molecule has 6 saturated heterocycles. The van der Waals surface area contributed by atoms with Gasteiger partial charge in [0.1, 0.15) is 17.6 Å². The molecule has 9 heterocycles. The van der Waals surface area contributed by atoms with Crippen molar-refractivity contribution in [2.45, 2.75) is 56.0 Å². The summed E-state index contributed by atoms with van der Waals surface area (Å²) >= 11 is 0. The third kappa shape index (κ3) is 5.09. The van der Waals surface area contributed by atoms with Crippen molar-refractivity contribution in [3.63, 3.8) is 0 Å². The van der Waals surface area contributed by atoms with Crippen molar-refractivity contribution in [1.82, 2.24) is 34.6 Å². The fourth-order valence-electron chi connectivity index (χ4n) is 8.05. The molecule has 0 aliphatic carbocycles. The number of nitriles is 1. The van der Waals surface area contributed by atoms with Crippen LogP contribution in [0.3, 0.4) is 0 Å². The first-order chi connectivity index (χ1) is 22.3. The van der Waals surface area contributed by atoms with Gasteiger partial charge in [-0.1, -0.05) is 0 Å². The molecule has 242 valence electrons. The number of carbonyl (C=O) groups excluding carboxylic acids is 1. The molecule has 0 radical (unpaired) electrons. The third-order valence-corrected chi connectivity index (χ3v) is 10.5. The maximum atomic E-state index is 13.2. The number of nitrogens with zero attached hydrogens (tertiary/aromatic N) is 8. The quantitative estimate of drug-likeness (QED) is 0.395. The molecule has 6 aliphatic rings. The van der Waals surface area contributed by atoms with Gasteiger partial charge < -0.3 is 24.8 Å². The predicted octanol–water partition coefficient (Wildman–Crippen LogP) is 3.35. The number of rotatable bonds is 7. The van der Waals surface area contributed by atoms with E-state index in [1.54, 1.807) is 21.8 Å². The number of anilines is 1. The van der Waals surface area contributed by atoms with Crippen LogP contribution in [-0.4, -0.2) is 118 Å². The molecule has 6 aliphatic heterocycles. The van der Waals surface area contributed by atoms with E-state index in [4.69, 9.17) is 9.72 Å². The molecule has 11 nitrogen and oxygen atoms in total. The van der Waals surface area contributed by atoms with Crippen LogP contribution in [0.5, 0.6) is 5.75 Å². The number of fused-ring (bicyclic) bond motifs is 5. The number of likely N-dealkylation sites (tertiary alicyclic amines) is 1. The van der Waals surface area contributed by atoms with Gasteiger partial charge in [0.2, 0.25) is 0 Å². The molecule has 46 heavy (non-hydrogen) atoms. The van der Waals surface area contributed by atoms with E-state index in [0.717, 1.165) is 49.4 Å². The number of ether oxygens (including phenoxy) is 1. The van der Waals surface area contributed by atoms with Gasteiger partial charge in [0, 0.05) is 75.2 Å². The lowest BCUT2D eigenvalue weighted by Crippen LogP contribution is -2.72. The number of halogens is 3. The van der Waals surface area contributed by atoms with Crippen LogP contribution < -0.4 is 15.0 Å². The topological polar surface area (TPSA) is 105 Å².